The number of carbonyl (C=O) groups is 5. The van der Waals surface area contributed by atoms with E-state index >= 15 is 0 Å². The van der Waals surface area contributed by atoms with Crippen molar-refractivity contribution < 1.29 is 147 Å². The highest BCUT2D eigenvalue weighted by Gasteiger charge is 2.50. The van der Waals surface area contributed by atoms with Crippen molar-refractivity contribution in [2.75, 3.05) is 216 Å². The van der Waals surface area contributed by atoms with Gasteiger partial charge in [0.1, 0.15) is 36.3 Å². The van der Waals surface area contributed by atoms with E-state index in [9.17, 15) is 67.5 Å². The molecule has 0 aromatic carbocycles. The minimum atomic E-state index is -5.63. The van der Waals surface area contributed by atoms with E-state index in [1.807, 2.05) is 0 Å². The largest absolute Gasteiger partial charge is 0.481 e. The number of imidazole rings is 1. The van der Waals surface area contributed by atoms with Crippen LogP contribution >= 0.6 is 35.2 Å². The normalized spacial score (nSPS) is 18.8. The first-order chi connectivity index (χ1) is 48.3. The smallest absolute Gasteiger partial charge is 0.386 e. The zero-order valence-electron chi connectivity index (χ0n) is 56.2. The second-order valence-corrected chi connectivity index (χ2v) is 27.5. The Balaban J connectivity index is 0.899. The lowest BCUT2D eigenvalue weighted by Gasteiger charge is -2.30. The molecule has 2 aromatic heterocycles. The lowest BCUT2D eigenvalue weighted by Crippen LogP contribution is -2.46. The van der Waals surface area contributed by atoms with Crippen molar-refractivity contribution in [3.8, 4) is 0 Å². The summed E-state index contributed by atoms with van der Waals surface area (Å²) >= 11 is 1.15. The number of fused-ring (bicyclic) bond motifs is 1. The molecule has 0 bridgehead atoms. The van der Waals surface area contributed by atoms with Crippen molar-refractivity contribution in [2.24, 2.45) is 10.5 Å². The van der Waals surface area contributed by atoms with Gasteiger partial charge in [0.05, 0.1) is 183 Å². The van der Waals surface area contributed by atoms with E-state index in [-0.39, 0.29) is 93.9 Å². The van der Waals surface area contributed by atoms with Crippen LogP contribution in [0.5, 0.6) is 0 Å². The third-order valence-electron chi connectivity index (χ3n) is 13.6. The maximum atomic E-state index is 13.0. The number of phosphoric acid groups is 3. The maximum Gasteiger partial charge on any atom is 0.481 e. The van der Waals surface area contributed by atoms with Gasteiger partial charge < -0.3 is 113 Å². The van der Waals surface area contributed by atoms with Crippen LogP contribution in [-0.2, 0) is 117 Å². The molecule has 2 saturated heterocycles. The monoisotopic (exact) mass is 1530 g/mol. The molecule has 0 spiro atoms. The summed E-state index contributed by atoms with van der Waals surface area (Å²) in [6.45, 7) is 9.92. The van der Waals surface area contributed by atoms with Crippen molar-refractivity contribution in [3.63, 3.8) is 0 Å². The topological polar surface area (TPSA) is 573 Å². The quantitative estimate of drug-likeness (QED) is 0.00879. The van der Waals surface area contributed by atoms with Crippen LogP contribution in [-0.4, -0.2) is 324 Å². The average Bonchev–Trinajstić information content (AvgIpc) is 1.62. The number of nitrogen functional groups attached to an aromatic ring is 1. The number of aromatic nitrogens is 4. The molecule has 11 N–H and O–H groups in total. The van der Waals surface area contributed by atoms with Crippen molar-refractivity contribution in [1.29, 1.82) is 0 Å². The minimum absolute atomic E-state index is 0.00944. The van der Waals surface area contributed by atoms with Gasteiger partial charge in [0.25, 0.3) is 0 Å². The Morgan fingerprint density at radius 2 is 1.17 bits per heavy atom. The third kappa shape index (κ3) is 37.7. The first kappa shape index (κ1) is 88.7. The predicted octanol–water partition coefficient (Wildman–Crippen LogP) is -1.72. The number of hydrogen-bond acceptors (Lipinski definition) is 33. The standard InChI is InChI=1S/C54H95N12O31P3S/c1-54(2,37-94-100(79,80)97-99(77,78)93-36-40-47(96-98(74,75)76)46(70)53(95-40)66-39-62-45-49(55)60-38-61-50(45)66)48(71)51(72)59-5-3-42(67)58-8-34-101-41-35-44(69)65(52(41)73)9-6-57-43(68)4-10-81-12-14-83-16-18-85-20-22-87-24-26-89-28-30-91-32-33-92-31-29-90-27-25-88-23-21-86-19-17-84-15-13-82-11-7-63-64-56/h38-41,46-48,53,70-71H,3-37H2,1-2H3,(H,57,68)(H,58,67)(H,59,72)(H,77,78)(H,79,80)(H2,55,60,61)(H2,74,75,76)/t40-,41?,46+,47?,48+,53-/m1/s1. The fourth-order valence-electron chi connectivity index (χ4n) is 8.58. The second kappa shape index (κ2) is 49.9. The van der Waals surface area contributed by atoms with E-state index in [0.29, 0.717) is 145 Å². The van der Waals surface area contributed by atoms with E-state index in [1.54, 1.807) is 0 Å². The number of aliphatic hydroxyl groups is 2. The molecule has 101 heavy (non-hydrogen) atoms. The van der Waals surface area contributed by atoms with Gasteiger partial charge in [0.15, 0.2) is 17.7 Å². The number of hydrogen-bond donors (Lipinski definition) is 10. The zero-order chi connectivity index (χ0) is 73.8. The van der Waals surface area contributed by atoms with Gasteiger partial charge >= 0.3 is 23.5 Å². The number of nitrogens with one attached hydrogen (secondary N) is 3. The lowest BCUT2D eigenvalue weighted by molar-refractivity contribution is -0.139. The van der Waals surface area contributed by atoms with Gasteiger partial charge in [0, 0.05) is 68.1 Å². The van der Waals surface area contributed by atoms with Crippen molar-refractivity contribution in [3.05, 3.63) is 23.1 Å². The van der Waals surface area contributed by atoms with Crippen LogP contribution in [0, 0.1) is 5.41 Å². The number of nitrogens with two attached hydrogens (primary N) is 1. The first-order valence-electron chi connectivity index (χ1n) is 31.9. The number of anilines is 1. The van der Waals surface area contributed by atoms with Crippen molar-refractivity contribution in [1.82, 2.24) is 40.4 Å². The number of amides is 5. The molecule has 0 saturated carbocycles. The zero-order valence-corrected chi connectivity index (χ0v) is 59.7. The molecule has 4 heterocycles. The fraction of sp³-hybridized carbons (Fsp3) is 0.815. The summed E-state index contributed by atoms with van der Waals surface area (Å²) in [4.78, 5) is 118. The number of rotatable bonds is 62. The molecule has 2 aliphatic rings. The van der Waals surface area contributed by atoms with Crippen LogP contribution < -0.4 is 21.7 Å². The summed E-state index contributed by atoms with van der Waals surface area (Å²) in [5.41, 5.74) is 12.4. The molecule has 0 aliphatic carbocycles. The summed E-state index contributed by atoms with van der Waals surface area (Å²) in [5.74, 6) is -2.57. The average molecular weight is 1530 g/mol. The minimum Gasteiger partial charge on any atom is -0.386 e. The van der Waals surface area contributed by atoms with Gasteiger partial charge in [0.2, 0.25) is 29.5 Å². The van der Waals surface area contributed by atoms with Crippen LogP contribution in [0.15, 0.2) is 17.8 Å². The molecule has 47 heteroatoms. The van der Waals surface area contributed by atoms with E-state index in [4.69, 9.17) is 81.9 Å². The number of imide groups is 1. The Morgan fingerprint density at radius 3 is 1.67 bits per heavy atom. The summed E-state index contributed by atoms with van der Waals surface area (Å²) < 4.78 is 128. The number of azide groups is 1. The van der Waals surface area contributed by atoms with Gasteiger partial charge in [-0.05, 0) is 5.53 Å². The Bertz CT molecular complexity index is 2950. The number of phosphoric ester groups is 3. The highest BCUT2D eigenvalue weighted by Crippen LogP contribution is 2.61. The molecule has 5 amide bonds. The number of aliphatic hydroxyl groups excluding tert-OH is 2. The van der Waals surface area contributed by atoms with Crippen LogP contribution in [0.1, 0.15) is 39.3 Å². The van der Waals surface area contributed by atoms with Crippen LogP contribution in [0.3, 0.4) is 0 Å². The molecule has 4 unspecified atom stereocenters. The van der Waals surface area contributed by atoms with E-state index < -0.39 is 102 Å². The molecule has 4 rings (SSSR count). The highest BCUT2D eigenvalue weighted by molar-refractivity contribution is 8.00. The maximum absolute atomic E-state index is 13.0. The molecular formula is C54H95N12O31P3S. The predicted molar refractivity (Wildman–Crippen MR) is 349 cm³/mol. The van der Waals surface area contributed by atoms with Gasteiger partial charge in [-0.1, -0.05) is 19.0 Å². The Morgan fingerprint density at radius 1 is 0.693 bits per heavy atom. The number of likely N-dealkylation sites (tertiary alicyclic amines) is 1. The van der Waals surface area contributed by atoms with Gasteiger partial charge in [-0.15, -0.1) is 11.8 Å². The molecule has 2 fully saturated rings. The molecule has 578 valence electrons. The fourth-order valence-corrected chi connectivity index (χ4v) is 12.4. The first-order valence-corrected chi connectivity index (χ1v) is 37.5. The summed E-state index contributed by atoms with van der Waals surface area (Å²) in [7, 11) is -16.6. The third-order valence-corrected chi connectivity index (χ3v) is 18.0. The Hall–Kier alpha value is -4.67. The number of thioether (sulfide) groups is 1. The molecule has 8 atom stereocenters. The van der Waals surface area contributed by atoms with Gasteiger partial charge in [-0.2, -0.15) is 4.31 Å². The SMILES string of the molecule is CC(C)(COP(=O)(O)OP(=O)(O)OC[C@H]1O[C@@H](n2cnc3c(N)ncnc32)[C@@H](O)C1OP(=O)(O)O)[C@@H](O)C(=O)NCCC(=O)NCCSC1CC(=O)N(CCNC(=O)CCOCCOCCOCCOCCOCCOCCOCCOCCOCCOCCOCCOCCN=[N+]=[N-])C1=O. The van der Waals surface area contributed by atoms with Crippen molar-refractivity contribution >= 4 is 81.7 Å². The Labute approximate surface area is 585 Å². The summed E-state index contributed by atoms with van der Waals surface area (Å²) in [6, 6.07) is 0. The number of carbonyl (C=O) groups excluding carboxylic acids is 5. The molecule has 2 aliphatic heterocycles. The highest BCUT2D eigenvalue weighted by atomic mass is 32.2. The summed E-state index contributed by atoms with van der Waals surface area (Å²) in [5, 5.41) is 32.0. The number of nitrogens with zero attached hydrogens (tertiary/aromatic N) is 8. The molecule has 43 nitrogen and oxygen atoms in total. The number of ether oxygens (including phenoxy) is 13. The van der Waals surface area contributed by atoms with E-state index in [1.165, 1.54) is 13.8 Å². The van der Waals surface area contributed by atoms with Crippen LogP contribution in [0.4, 0.5) is 5.82 Å². The summed E-state index contributed by atoms with van der Waals surface area (Å²) in [6.07, 6.45) is -7.27. The van der Waals surface area contributed by atoms with Crippen molar-refractivity contribution in [2.45, 2.75) is 69.0 Å². The van der Waals surface area contributed by atoms with Crippen LogP contribution in [0.25, 0.3) is 21.6 Å². The Kier molecular flexibility index (Phi) is 43.9. The van der Waals surface area contributed by atoms with E-state index in [0.717, 1.165) is 33.9 Å². The molecular weight excluding hydrogens is 1440 g/mol. The molecule has 2 aromatic rings. The van der Waals surface area contributed by atoms with Crippen LogP contribution in [0.2, 0.25) is 0 Å². The molecule has 0 radical (unpaired) electrons. The van der Waals surface area contributed by atoms with E-state index in [2.05, 4.69) is 49.8 Å². The van der Waals surface area contributed by atoms with Gasteiger partial charge in [-0.25, -0.2) is 28.6 Å². The second-order valence-electron chi connectivity index (χ2n) is 21.9. The lowest BCUT2D eigenvalue weighted by atomic mass is 9.87. The van der Waals surface area contributed by atoms with Gasteiger partial charge in [-0.3, -0.25) is 47.0 Å².